The zero-order valence-corrected chi connectivity index (χ0v) is 10.7. The van der Waals surface area contributed by atoms with Gasteiger partial charge in [-0.3, -0.25) is 0 Å². The summed E-state index contributed by atoms with van der Waals surface area (Å²) in [6, 6.07) is 7.90. The molecule has 1 aliphatic rings. The third-order valence-corrected chi connectivity index (χ3v) is 2.87. The van der Waals surface area contributed by atoms with Crippen LogP contribution in [0.15, 0.2) is 29.3 Å². The Hall–Kier alpha value is -2.02. The Morgan fingerprint density at radius 1 is 1.28 bits per heavy atom. The van der Waals surface area contributed by atoms with E-state index in [4.69, 9.17) is 0 Å². The Kier molecular flexibility index (Phi) is 3.00. The maximum Gasteiger partial charge on any atom is 0.288 e. The highest BCUT2D eigenvalue weighted by Crippen LogP contribution is 2.26. The summed E-state index contributed by atoms with van der Waals surface area (Å²) in [5.74, 6) is -0.289. The van der Waals surface area contributed by atoms with Gasteiger partial charge in [0.1, 0.15) is 17.6 Å². The third kappa shape index (κ3) is 2.17. The summed E-state index contributed by atoms with van der Waals surface area (Å²) in [6.07, 6.45) is 1.64. The molecule has 0 saturated heterocycles. The number of halogens is 1. The highest BCUT2D eigenvalue weighted by Gasteiger charge is 2.40. The molecule has 92 valence electrons. The van der Waals surface area contributed by atoms with Crippen LogP contribution in [-0.2, 0) is 0 Å². The molecular weight excluding hydrogens is 229 g/mol. The molecule has 1 unspecified atom stereocenters. The van der Waals surface area contributed by atoms with E-state index in [1.807, 2.05) is 20.8 Å². The van der Waals surface area contributed by atoms with E-state index in [1.165, 1.54) is 12.1 Å². The SMILES string of the molecule is CC(C)(C)C1=NC=[N+](c2ccc(F)cc2)C1C#N. The molecule has 0 radical (unpaired) electrons. The number of hydrogen-bond donors (Lipinski definition) is 0. The highest BCUT2D eigenvalue weighted by atomic mass is 19.1. The third-order valence-electron chi connectivity index (χ3n) is 2.87. The van der Waals surface area contributed by atoms with Gasteiger partial charge in [-0.05, 0) is 24.3 Å². The zero-order chi connectivity index (χ0) is 13.3. The van der Waals surface area contributed by atoms with Crippen molar-refractivity contribution in [3.05, 3.63) is 30.1 Å². The summed E-state index contributed by atoms with van der Waals surface area (Å²) >= 11 is 0. The normalized spacial score (nSPS) is 19.2. The van der Waals surface area contributed by atoms with Crippen molar-refractivity contribution in [1.82, 2.24) is 0 Å². The Balaban J connectivity index is 2.35. The van der Waals surface area contributed by atoms with Crippen molar-refractivity contribution in [2.75, 3.05) is 0 Å². The van der Waals surface area contributed by atoms with Crippen LogP contribution in [0.5, 0.6) is 0 Å². The van der Waals surface area contributed by atoms with Gasteiger partial charge in [0.05, 0.1) is 0 Å². The van der Waals surface area contributed by atoms with E-state index in [0.29, 0.717) is 0 Å². The minimum atomic E-state index is -0.421. The highest BCUT2D eigenvalue weighted by molar-refractivity contribution is 6.01. The van der Waals surface area contributed by atoms with Gasteiger partial charge in [-0.1, -0.05) is 25.8 Å². The standard InChI is InChI=1S/C14H15FN3/c1-14(2,3)13-12(8-16)18(9-17-13)11-6-4-10(15)5-7-11/h4-7,9,12H,1-3H3/q+1. The van der Waals surface area contributed by atoms with Gasteiger partial charge in [0.2, 0.25) is 6.04 Å². The number of hydrogen-bond acceptors (Lipinski definition) is 2. The maximum atomic E-state index is 12.9. The lowest BCUT2D eigenvalue weighted by atomic mass is 9.86. The summed E-state index contributed by atoms with van der Waals surface area (Å²) in [7, 11) is 0. The van der Waals surface area contributed by atoms with Gasteiger partial charge >= 0.3 is 0 Å². The zero-order valence-electron chi connectivity index (χ0n) is 10.7. The molecule has 2 rings (SSSR count). The van der Waals surface area contributed by atoms with Crippen LogP contribution in [0.25, 0.3) is 0 Å². The number of benzene rings is 1. The topological polar surface area (TPSA) is 39.2 Å². The predicted octanol–water partition coefficient (Wildman–Crippen LogP) is 2.89. The first kappa shape index (κ1) is 12.4. The van der Waals surface area contributed by atoms with Gasteiger partial charge in [0, 0.05) is 5.41 Å². The van der Waals surface area contributed by atoms with Crippen LogP contribution in [0.4, 0.5) is 10.1 Å². The van der Waals surface area contributed by atoms with Gasteiger partial charge < -0.3 is 0 Å². The molecule has 0 spiro atoms. The summed E-state index contributed by atoms with van der Waals surface area (Å²) in [5.41, 5.74) is 1.44. The molecule has 0 fully saturated rings. The molecule has 0 aliphatic carbocycles. The van der Waals surface area contributed by atoms with E-state index in [2.05, 4.69) is 11.1 Å². The Morgan fingerprint density at radius 2 is 1.89 bits per heavy atom. The van der Waals surface area contributed by atoms with Crippen molar-refractivity contribution < 1.29 is 8.97 Å². The van der Waals surface area contributed by atoms with Crippen LogP contribution in [-0.4, -0.2) is 22.7 Å². The second-order valence-electron chi connectivity index (χ2n) is 5.30. The van der Waals surface area contributed by atoms with Crippen molar-refractivity contribution in [3.8, 4) is 6.07 Å². The Morgan fingerprint density at radius 3 is 2.39 bits per heavy atom. The lowest BCUT2D eigenvalue weighted by Gasteiger charge is -2.17. The van der Waals surface area contributed by atoms with E-state index >= 15 is 0 Å². The van der Waals surface area contributed by atoms with Crippen LogP contribution < -0.4 is 0 Å². The number of aliphatic imine (C=N–C) groups is 1. The first-order valence-corrected chi connectivity index (χ1v) is 5.78. The average Bonchev–Trinajstić information content (AvgIpc) is 2.73. The van der Waals surface area contributed by atoms with E-state index in [9.17, 15) is 9.65 Å². The molecule has 3 nitrogen and oxygen atoms in total. The first-order chi connectivity index (χ1) is 8.43. The van der Waals surface area contributed by atoms with Gasteiger partial charge in [-0.15, -0.1) is 0 Å². The smallest absolute Gasteiger partial charge is 0.207 e. The van der Waals surface area contributed by atoms with E-state index in [1.54, 1.807) is 23.0 Å². The van der Waals surface area contributed by atoms with Gasteiger partial charge in [0.15, 0.2) is 5.71 Å². The fraction of sp³-hybridized carbons (Fsp3) is 0.357. The average molecular weight is 244 g/mol. The maximum absolute atomic E-state index is 12.9. The van der Waals surface area contributed by atoms with Gasteiger partial charge in [0.25, 0.3) is 6.34 Å². The second-order valence-corrected chi connectivity index (χ2v) is 5.30. The lowest BCUT2D eigenvalue weighted by Crippen LogP contribution is -2.34. The molecule has 1 aromatic carbocycles. The Bertz CT molecular complexity index is 556. The summed E-state index contributed by atoms with van der Waals surface area (Å²) in [6.45, 7) is 6.08. The predicted molar refractivity (Wildman–Crippen MR) is 68.7 cm³/mol. The molecule has 1 aromatic rings. The van der Waals surface area contributed by atoms with Crippen LogP contribution in [0, 0.1) is 22.6 Å². The van der Waals surface area contributed by atoms with Crippen molar-refractivity contribution in [2.24, 2.45) is 10.4 Å². The van der Waals surface area contributed by atoms with Crippen molar-refractivity contribution in [3.63, 3.8) is 0 Å². The molecule has 0 amide bonds. The lowest BCUT2D eigenvalue weighted by molar-refractivity contribution is -0.441. The number of nitrogens with zero attached hydrogens (tertiary/aromatic N) is 3. The number of nitriles is 1. The molecule has 1 aliphatic heterocycles. The van der Waals surface area contributed by atoms with Crippen molar-refractivity contribution in [1.29, 1.82) is 5.26 Å². The molecule has 1 heterocycles. The fourth-order valence-electron chi connectivity index (χ4n) is 1.95. The molecule has 0 bridgehead atoms. The van der Waals surface area contributed by atoms with E-state index in [-0.39, 0.29) is 11.2 Å². The quantitative estimate of drug-likeness (QED) is 0.700. The molecule has 0 saturated carbocycles. The molecule has 0 N–H and O–H groups in total. The second kappa shape index (κ2) is 4.34. The van der Waals surface area contributed by atoms with Crippen molar-refractivity contribution in [2.45, 2.75) is 26.8 Å². The van der Waals surface area contributed by atoms with Crippen LogP contribution in [0.1, 0.15) is 20.8 Å². The largest absolute Gasteiger partial charge is 0.288 e. The summed E-state index contributed by atoms with van der Waals surface area (Å²) in [5, 5.41) is 9.32. The van der Waals surface area contributed by atoms with Crippen LogP contribution in [0.3, 0.4) is 0 Å². The molecule has 18 heavy (non-hydrogen) atoms. The minimum Gasteiger partial charge on any atom is -0.207 e. The molecule has 4 heteroatoms. The van der Waals surface area contributed by atoms with Crippen molar-refractivity contribution >= 4 is 17.7 Å². The monoisotopic (exact) mass is 244 g/mol. The van der Waals surface area contributed by atoms with Crippen LogP contribution >= 0.6 is 0 Å². The molecule has 0 aromatic heterocycles. The first-order valence-electron chi connectivity index (χ1n) is 5.78. The minimum absolute atomic E-state index is 0.161. The number of rotatable bonds is 1. The van der Waals surface area contributed by atoms with Gasteiger partial charge in [-0.2, -0.15) is 5.26 Å². The Labute approximate surface area is 106 Å². The van der Waals surface area contributed by atoms with Gasteiger partial charge in [-0.25, -0.2) is 8.97 Å². The fourth-order valence-corrected chi connectivity index (χ4v) is 1.95. The molecule has 1 atom stereocenters. The summed E-state index contributed by atoms with van der Waals surface area (Å²) < 4.78 is 14.7. The van der Waals surface area contributed by atoms with E-state index < -0.39 is 6.04 Å². The summed E-state index contributed by atoms with van der Waals surface area (Å²) in [4.78, 5) is 4.34. The van der Waals surface area contributed by atoms with E-state index in [0.717, 1.165) is 11.4 Å². The molecular formula is C14H15FN3+. The van der Waals surface area contributed by atoms with Crippen LogP contribution in [0.2, 0.25) is 0 Å².